The minimum absolute atomic E-state index is 0.177. The van der Waals surface area contributed by atoms with Crippen LogP contribution in [0, 0.1) is 0 Å². The molecule has 0 aliphatic rings. The summed E-state index contributed by atoms with van der Waals surface area (Å²) in [6, 6.07) is 0. The molecule has 2 nitrogen and oxygen atoms in total. The van der Waals surface area contributed by atoms with Crippen molar-refractivity contribution in [2.24, 2.45) is 0 Å². The summed E-state index contributed by atoms with van der Waals surface area (Å²) in [6.07, 6.45) is 17.4. The van der Waals surface area contributed by atoms with Crippen LogP contribution < -0.4 is 0 Å². The lowest BCUT2D eigenvalue weighted by Gasteiger charge is -2.03. The predicted molar refractivity (Wildman–Crippen MR) is 115 cm³/mol. The van der Waals surface area contributed by atoms with Gasteiger partial charge in [-0.25, -0.2) is 0 Å². The maximum Gasteiger partial charge on any atom is 0.158 e. The summed E-state index contributed by atoms with van der Waals surface area (Å²) in [4.78, 5) is 11.4. The molecular formula is C24H40O2. The van der Waals surface area contributed by atoms with E-state index in [1.165, 1.54) is 28.7 Å². The lowest BCUT2D eigenvalue weighted by atomic mass is 10.0. The van der Waals surface area contributed by atoms with Crippen LogP contribution >= 0.6 is 0 Å². The van der Waals surface area contributed by atoms with E-state index in [4.69, 9.17) is 4.74 Å². The second kappa shape index (κ2) is 15.8. The van der Waals surface area contributed by atoms with Gasteiger partial charge in [-0.2, -0.15) is 0 Å². The minimum Gasteiger partial charge on any atom is -0.377 e. The van der Waals surface area contributed by atoms with Gasteiger partial charge in [-0.1, -0.05) is 46.6 Å². The largest absolute Gasteiger partial charge is 0.377 e. The fourth-order valence-corrected chi connectivity index (χ4v) is 2.70. The van der Waals surface area contributed by atoms with E-state index in [-0.39, 0.29) is 12.4 Å². The van der Waals surface area contributed by atoms with Crippen LogP contribution in [0.2, 0.25) is 0 Å². The molecule has 0 aromatic heterocycles. The smallest absolute Gasteiger partial charge is 0.158 e. The Balaban J connectivity index is 3.99. The van der Waals surface area contributed by atoms with Gasteiger partial charge in [-0.15, -0.1) is 0 Å². The zero-order chi connectivity index (χ0) is 19.8. The number of allylic oxidation sites excluding steroid dienone is 8. The number of Topliss-reactive ketones (excluding diaryl/α,β-unsaturated/α-hetero) is 1. The second-order valence-electron chi connectivity index (χ2n) is 7.56. The van der Waals surface area contributed by atoms with Crippen LogP contribution in [-0.2, 0) is 9.53 Å². The third kappa shape index (κ3) is 16.1. The number of carbonyl (C=O) groups excluding carboxylic acids is 1. The summed E-state index contributed by atoms with van der Waals surface area (Å²) >= 11 is 0. The van der Waals surface area contributed by atoms with Gasteiger partial charge in [0.15, 0.2) is 5.78 Å². The first-order valence-electron chi connectivity index (χ1n) is 9.96. The first-order valence-corrected chi connectivity index (χ1v) is 9.96. The van der Waals surface area contributed by atoms with E-state index in [0.29, 0.717) is 6.42 Å². The third-order valence-corrected chi connectivity index (χ3v) is 4.38. The monoisotopic (exact) mass is 360 g/mol. The van der Waals surface area contributed by atoms with Gasteiger partial charge in [-0.3, -0.25) is 4.79 Å². The van der Waals surface area contributed by atoms with Crippen molar-refractivity contribution in [3.8, 4) is 0 Å². The van der Waals surface area contributed by atoms with Crippen LogP contribution in [0.1, 0.15) is 86.0 Å². The number of rotatable bonds is 14. The Morgan fingerprint density at radius 2 is 1.04 bits per heavy atom. The van der Waals surface area contributed by atoms with Crippen molar-refractivity contribution in [2.75, 3.05) is 13.7 Å². The highest BCUT2D eigenvalue weighted by Crippen LogP contribution is 2.14. The molecule has 26 heavy (non-hydrogen) atoms. The number of carbonyl (C=O) groups is 1. The Bertz CT molecular complexity index is 514. The molecule has 0 aliphatic carbocycles. The highest BCUT2D eigenvalue weighted by atomic mass is 16.5. The summed E-state index contributed by atoms with van der Waals surface area (Å²) in [5, 5.41) is 0. The van der Waals surface area contributed by atoms with Crippen molar-refractivity contribution in [1.82, 2.24) is 0 Å². The van der Waals surface area contributed by atoms with Gasteiger partial charge < -0.3 is 4.74 Å². The number of methoxy groups -OCH3 is 1. The normalized spacial score (nSPS) is 13.1. The van der Waals surface area contributed by atoms with Crippen molar-refractivity contribution in [3.05, 3.63) is 46.6 Å². The third-order valence-electron chi connectivity index (χ3n) is 4.38. The second-order valence-corrected chi connectivity index (χ2v) is 7.56. The molecule has 0 aromatic rings. The molecule has 0 bridgehead atoms. The van der Waals surface area contributed by atoms with Crippen LogP contribution in [0.4, 0.5) is 0 Å². The number of hydrogen-bond acceptors (Lipinski definition) is 2. The molecule has 0 amide bonds. The molecule has 0 fully saturated rings. The topological polar surface area (TPSA) is 26.3 Å². The SMILES string of the molecule is COCC(=O)CC/C=C(\C)CC/C=C(\C)CC/C=C(\C)CCC=C(C)C. The van der Waals surface area contributed by atoms with E-state index in [0.717, 1.165) is 38.5 Å². The zero-order valence-corrected chi connectivity index (χ0v) is 18.0. The molecule has 0 unspecified atom stereocenters. The average molecular weight is 361 g/mol. The van der Waals surface area contributed by atoms with Crippen LogP contribution in [-0.4, -0.2) is 19.5 Å². The first-order chi connectivity index (χ1) is 12.3. The summed E-state index contributed by atoms with van der Waals surface area (Å²) in [6.45, 7) is 11.2. The maximum atomic E-state index is 11.4. The summed E-state index contributed by atoms with van der Waals surface area (Å²) < 4.78 is 4.84. The zero-order valence-electron chi connectivity index (χ0n) is 18.0. The Morgan fingerprint density at radius 3 is 1.42 bits per heavy atom. The van der Waals surface area contributed by atoms with Crippen molar-refractivity contribution in [1.29, 1.82) is 0 Å². The summed E-state index contributed by atoms with van der Waals surface area (Å²) in [7, 11) is 1.56. The van der Waals surface area contributed by atoms with Gasteiger partial charge in [0.1, 0.15) is 6.61 Å². The van der Waals surface area contributed by atoms with Gasteiger partial charge >= 0.3 is 0 Å². The fourth-order valence-electron chi connectivity index (χ4n) is 2.70. The Labute approximate surface area is 162 Å². The van der Waals surface area contributed by atoms with E-state index in [2.05, 4.69) is 58.9 Å². The van der Waals surface area contributed by atoms with Gasteiger partial charge in [-0.05, 0) is 79.6 Å². The Morgan fingerprint density at radius 1 is 0.654 bits per heavy atom. The molecule has 0 saturated heterocycles. The molecule has 0 N–H and O–H groups in total. The van der Waals surface area contributed by atoms with E-state index < -0.39 is 0 Å². The van der Waals surface area contributed by atoms with Crippen molar-refractivity contribution < 1.29 is 9.53 Å². The molecule has 0 radical (unpaired) electrons. The van der Waals surface area contributed by atoms with Crippen LogP contribution in [0.3, 0.4) is 0 Å². The lowest BCUT2D eigenvalue weighted by molar-refractivity contribution is -0.122. The van der Waals surface area contributed by atoms with Crippen molar-refractivity contribution in [2.45, 2.75) is 86.0 Å². The molecular weight excluding hydrogens is 320 g/mol. The van der Waals surface area contributed by atoms with Crippen LogP contribution in [0.5, 0.6) is 0 Å². The van der Waals surface area contributed by atoms with Gasteiger partial charge in [0.05, 0.1) is 0 Å². The summed E-state index contributed by atoms with van der Waals surface area (Å²) in [5.41, 5.74) is 5.75. The highest BCUT2D eigenvalue weighted by Gasteiger charge is 1.99. The Hall–Kier alpha value is -1.41. The number of ether oxygens (including phenoxy) is 1. The first kappa shape index (κ1) is 24.6. The van der Waals surface area contributed by atoms with Crippen LogP contribution in [0.25, 0.3) is 0 Å². The molecule has 2 heteroatoms. The molecule has 0 saturated carbocycles. The molecule has 0 aliphatic heterocycles. The number of ketones is 1. The molecule has 0 aromatic carbocycles. The van der Waals surface area contributed by atoms with Crippen molar-refractivity contribution in [3.63, 3.8) is 0 Å². The molecule has 148 valence electrons. The predicted octanol–water partition coefficient (Wildman–Crippen LogP) is 7.13. The van der Waals surface area contributed by atoms with E-state index in [1.54, 1.807) is 7.11 Å². The highest BCUT2D eigenvalue weighted by molar-refractivity contribution is 5.79. The number of hydrogen-bond donors (Lipinski definition) is 0. The standard InChI is InChI=1S/C24H40O2/c1-20(2)11-7-12-21(3)13-8-14-22(4)15-9-16-23(5)17-10-18-24(25)19-26-6/h11,13,15,17H,7-10,12,14,16,18-19H2,1-6H3/b21-13+,22-15+,23-17+. The average Bonchev–Trinajstić information content (AvgIpc) is 2.54. The van der Waals surface area contributed by atoms with Gasteiger partial charge in [0, 0.05) is 13.5 Å². The minimum atomic E-state index is 0.177. The molecule has 0 atom stereocenters. The van der Waals surface area contributed by atoms with E-state index in [9.17, 15) is 4.79 Å². The maximum absolute atomic E-state index is 11.4. The molecule has 0 heterocycles. The quantitative estimate of drug-likeness (QED) is 0.308. The van der Waals surface area contributed by atoms with Gasteiger partial charge in [0.25, 0.3) is 0 Å². The lowest BCUT2D eigenvalue weighted by Crippen LogP contribution is -2.05. The van der Waals surface area contributed by atoms with Crippen molar-refractivity contribution >= 4 is 5.78 Å². The molecule has 0 rings (SSSR count). The van der Waals surface area contributed by atoms with E-state index in [1.807, 2.05) is 0 Å². The van der Waals surface area contributed by atoms with E-state index >= 15 is 0 Å². The molecule has 0 spiro atoms. The van der Waals surface area contributed by atoms with Crippen LogP contribution in [0.15, 0.2) is 46.6 Å². The Kier molecular flexibility index (Phi) is 15.0. The summed E-state index contributed by atoms with van der Waals surface area (Å²) in [5.74, 6) is 0.177. The fraction of sp³-hybridized carbons (Fsp3) is 0.625. The van der Waals surface area contributed by atoms with Gasteiger partial charge in [0.2, 0.25) is 0 Å².